The molecule has 0 atom stereocenters. The van der Waals surface area contributed by atoms with Gasteiger partial charge < -0.3 is 10.3 Å². The highest BCUT2D eigenvalue weighted by atomic mass is 14.9. The van der Waals surface area contributed by atoms with Gasteiger partial charge in [0, 0.05) is 18.9 Å². The van der Waals surface area contributed by atoms with Crippen LogP contribution < -0.4 is 5.73 Å². The summed E-state index contributed by atoms with van der Waals surface area (Å²) in [4.78, 5) is 0. The number of rotatable bonds is 8. The molecule has 2 nitrogen and oxygen atoms in total. The van der Waals surface area contributed by atoms with Gasteiger partial charge in [-0.3, -0.25) is 0 Å². The molecule has 0 fully saturated rings. The van der Waals surface area contributed by atoms with Crippen molar-refractivity contribution in [2.24, 2.45) is 5.73 Å². The van der Waals surface area contributed by atoms with Gasteiger partial charge in [0.25, 0.3) is 0 Å². The van der Waals surface area contributed by atoms with E-state index in [4.69, 9.17) is 5.73 Å². The van der Waals surface area contributed by atoms with Crippen LogP contribution in [0.5, 0.6) is 0 Å². The first-order valence-electron chi connectivity index (χ1n) is 5.74. The van der Waals surface area contributed by atoms with E-state index in [0.717, 1.165) is 6.54 Å². The number of hydrogen-bond acceptors (Lipinski definition) is 1. The maximum atomic E-state index is 5.43. The van der Waals surface area contributed by atoms with E-state index in [1.165, 1.54) is 45.1 Å². The summed E-state index contributed by atoms with van der Waals surface area (Å²) in [7, 11) is 0. The molecule has 2 N–H and O–H groups in total. The molecule has 0 aromatic carbocycles. The average Bonchev–Trinajstić information content (AvgIpc) is 2.69. The van der Waals surface area contributed by atoms with Crippen LogP contribution in [-0.4, -0.2) is 11.1 Å². The Morgan fingerprint density at radius 1 is 0.786 bits per heavy atom. The first kappa shape index (κ1) is 11.3. The molecule has 0 aliphatic heterocycles. The summed E-state index contributed by atoms with van der Waals surface area (Å²) in [6.07, 6.45) is 12.1. The van der Waals surface area contributed by atoms with Gasteiger partial charge in [-0.05, 0) is 31.5 Å². The summed E-state index contributed by atoms with van der Waals surface area (Å²) in [6, 6.07) is 4.17. The minimum absolute atomic E-state index is 0.851. The first-order chi connectivity index (χ1) is 6.93. The van der Waals surface area contributed by atoms with Gasteiger partial charge in [0.1, 0.15) is 0 Å². The second kappa shape index (κ2) is 7.63. The molecule has 0 saturated carbocycles. The molecule has 1 rings (SSSR count). The zero-order valence-corrected chi connectivity index (χ0v) is 8.99. The van der Waals surface area contributed by atoms with Gasteiger partial charge in [-0.1, -0.05) is 25.7 Å². The van der Waals surface area contributed by atoms with Crippen LogP contribution in [0.25, 0.3) is 0 Å². The molecular weight excluding hydrogens is 172 g/mol. The number of unbranched alkanes of at least 4 members (excludes halogenated alkanes) is 5. The molecule has 0 unspecified atom stereocenters. The molecule has 14 heavy (non-hydrogen) atoms. The highest BCUT2D eigenvalue weighted by molar-refractivity contribution is 4.89. The summed E-state index contributed by atoms with van der Waals surface area (Å²) in [5.74, 6) is 0. The van der Waals surface area contributed by atoms with Crippen LogP contribution in [-0.2, 0) is 6.54 Å². The highest BCUT2D eigenvalue weighted by Gasteiger charge is 1.91. The largest absolute Gasteiger partial charge is 0.354 e. The number of aryl methyl sites for hydroxylation is 1. The lowest BCUT2D eigenvalue weighted by Gasteiger charge is -2.02. The van der Waals surface area contributed by atoms with Crippen LogP contribution in [0.4, 0.5) is 0 Å². The zero-order valence-electron chi connectivity index (χ0n) is 8.99. The maximum absolute atomic E-state index is 5.43. The number of hydrogen-bond donors (Lipinski definition) is 1. The van der Waals surface area contributed by atoms with Crippen LogP contribution >= 0.6 is 0 Å². The Bertz CT molecular complexity index is 204. The third-order valence-corrected chi connectivity index (χ3v) is 2.54. The molecule has 0 amide bonds. The van der Waals surface area contributed by atoms with E-state index >= 15 is 0 Å². The SMILES string of the molecule is NCCCCCCCCn1cccc1. The van der Waals surface area contributed by atoms with Crippen molar-refractivity contribution in [2.45, 2.75) is 45.1 Å². The van der Waals surface area contributed by atoms with Crippen molar-refractivity contribution in [3.05, 3.63) is 24.5 Å². The summed E-state index contributed by atoms with van der Waals surface area (Å²) >= 11 is 0. The Morgan fingerprint density at radius 2 is 1.36 bits per heavy atom. The van der Waals surface area contributed by atoms with Crippen LogP contribution in [0.1, 0.15) is 38.5 Å². The molecule has 1 aromatic rings. The Hall–Kier alpha value is -0.760. The predicted molar refractivity (Wildman–Crippen MR) is 61.2 cm³/mol. The quantitative estimate of drug-likeness (QED) is 0.634. The van der Waals surface area contributed by atoms with Gasteiger partial charge in [0.2, 0.25) is 0 Å². The van der Waals surface area contributed by atoms with Crippen LogP contribution in [0.2, 0.25) is 0 Å². The Morgan fingerprint density at radius 3 is 2.00 bits per heavy atom. The number of nitrogens with zero attached hydrogens (tertiary/aromatic N) is 1. The molecule has 0 saturated heterocycles. The molecule has 0 aliphatic carbocycles. The molecule has 0 spiro atoms. The second-order valence-electron chi connectivity index (χ2n) is 3.83. The summed E-state index contributed by atoms with van der Waals surface area (Å²) < 4.78 is 2.25. The Labute approximate surface area is 87.1 Å². The molecule has 2 heteroatoms. The van der Waals surface area contributed by atoms with Gasteiger partial charge >= 0.3 is 0 Å². The van der Waals surface area contributed by atoms with Gasteiger partial charge in [0.15, 0.2) is 0 Å². The fourth-order valence-electron chi connectivity index (χ4n) is 1.67. The smallest absolute Gasteiger partial charge is 0.0219 e. The standard InChI is InChI=1S/C12H22N2/c13-9-5-3-1-2-4-6-10-14-11-7-8-12-14/h7-8,11-12H,1-6,9-10,13H2. The molecule has 1 aromatic heterocycles. The van der Waals surface area contributed by atoms with Gasteiger partial charge in [-0.2, -0.15) is 0 Å². The molecule has 80 valence electrons. The molecule has 0 bridgehead atoms. The van der Waals surface area contributed by atoms with Crippen molar-refractivity contribution in [1.29, 1.82) is 0 Å². The first-order valence-corrected chi connectivity index (χ1v) is 5.74. The van der Waals surface area contributed by atoms with Crippen molar-refractivity contribution < 1.29 is 0 Å². The van der Waals surface area contributed by atoms with Crippen molar-refractivity contribution in [2.75, 3.05) is 6.54 Å². The van der Waals surface area contributed by atoms with Gasteiger partial charge in [0.05, 0.1) is 0 Å². The molecular formula is C12H22N2. The monoisotopic (exact) mass is 194 g/mol. The van der Waals surface area contributed by atoms with Crippen molar-refractivity contribution >= 4 is 0 Å². The van der Waals surface area contributed by atoms with E-state index in [1.54, 1.807) is 0 Å². The number of aromatic nitrogens is 1. The normalized spacial score (nSPS) is 10.6. The van der Waals surface area contributed by atoms with E-state index in [2.05, 4.69) is 29.1 Å². The Balaban J connectivity index is 1.85. The van der Waals surface area contributed by atoms with E-state index in [1.807, 2.05) is 0 Å². The molecule has 1 heterocycles. The predicted octanol–water partition coefficient (Wildman–Crippen LogP) is 2.79. The summed E-state index contributed by atoms with van der Waals surface area (Å²) in [5.41, 5.74) is 5.43. The molecule has 0 radical (unpaired) electrons. The van der Waals surface area contributed by atoms with Crippen molar-refractivity contribution in [1.82, 2.24) is 4.57 Å². The van der Waals surface area contributed by atoms with E-state index in [9.17, 15) is 0 Å². The lowest BCUT2D eigenvalue weighted by molar-refractivity contribution is 0.555. The molecule has 0 aliphatic rings. The van der Waals surface area contributed by atoms with Crippen LogP contribution in [0.15, 0.2) is 24.5 Å². The van der Waals surface area contributed by atoms with Crippen molar-refractivity contribution in [3.63, 3.8) is 0 Å². The third-order valence-electron chi connectivity index (χ3n) is 2.54. The van der Waals surface area contributed by atoms with E-state index in [0.29, 0.717) is 0 Å². The van der Waals surface area contributed by atoms with E-state index < -0.39 is 0 Å². The van der Waals surface area contributed by atoms with E-state index in [-0.39, 0.29) is 0 Å². The van der Waals surface area contributed by atoms with Gasteiger partial charge in [-0.25, -0.2) is 0 Å². The van der Waals surface area contributed by atoms with Crippen LogP contribution in [0, 0.1) is 0 Å². The fourth-order valence-corrected chi connectivity index (χ4v) is 1.67. The van der Waals surface area contributed by atoms with Crippen molar-refractivity contribution in [3.8, 4) is 0 Å². The lowest BCUT2D eigenvalue weighted by Crippen LogP contribution is -1.97. The highest BCUT2D eigenvalue weighted by Crippen LogP contribution is 2.06. The average molecular weight is 194 g/mol. The fraction of sp³-hybridized carbons (Fsp3) is 0.667. The topological polar surface area (TPSA) is 30.9 Å². The Kier molecular flexibility index (Phi) is 6.16. The minimum Gasteiger partial charge on any atom is -0.354 e. The van der Waals surface area contributed by atoms with Gasteiger partial charge in [-0.15, -0.1) is 0 Å². The summed E-state index contributed by atoms with van der Waals surface area (Å²) in [5, 5.41) is 0. The summed E-state index contributed by atoms with van der Waals surface area (Å²) in [6.45, 7) is 2.02. The van der Waals surface area contributed by atoms with Crippen LogP contribution in [0.3, 0.4) is 0 Å². The maximum Gasteiger partial charge on any atom is 0.0219 e. The zero-order chi connectivity index (χ0) is 10.1. The number of nitrogens with two attached hydrogens (primary N) is 1. The third kappa shape index (κ3) is 5.07. The minimum atomic E-state index is 0.851. The lowest BCUT2D eigenvalue weighted by atomic mass is 10.1. The second-order valence-corrected chi connectivity index (χ2v) is 3.83.